The van der Waals surface area contributed by atoms with E-state index in [1.165, 1.54) is 16.8 Å². The molecule has 0 saturated heterocycles. The lowest BCUT2D eigenvalue weighted by molar-refractivity contribution is 0.353. The predicted molar refractivity (Wildman–Crippen MR) is 89.8 cm³/mol. The summed E-state index contributed by atoms with van der Waals surface area (Å²) in [6, 6.07) is 12.6. The van der Waals surface area contributed by atoms with E-state index in [0.29, 0.717) is 6.54 Å². The first-order chi connectivity index (χ1) is 10.2. The Morgan fingerprint density at radius 3 is 2.86 bits per heavy atom. The molecule has 3 rings (SSSR count). The number of nitrogens with zero attached hydrogens (tertiary/aromatic N) is 1. The number of hydrogen-bond donors (Lipinski definition) is 1. The second-order valence-electron chi connectivity index (χ2n) is 5.34. The molecule has 110 valence electrons. The van der Waals surface area contributed by atoms with E-state index in [2.05, 4.69) is 52.1 Å². The van der Waals surface area contributed by atoms with Gasteiger partial charge in [0.2, 0.25) is 0 Å². The molecule has 0 radical (unpaired) electrons. The Bertz CT molecular complexity index is 657. The van der Waals surface area contributed by atoms with E-state index in [4.69, 9.17) is 10.5 Å². The summed E-state index contributed by atoms with van der Waals surface area (Å²) in [6.07, 6.45) is 0.991. The maximum absolute atomic E-state index is 5.84. The highest BCUT2D eigenvalue weighted by Gasteiger charge is 2.19. The van der Waals surface area contributed by atoms with Crippen molar-refractivity contribution in [3.05, 3.63) is 57.6 Å². The van der Waals surface area contributed by atoms with Gasteiger partial charge >= 0.3 is 0 Å². The Morgan fingerprint density at radius 1 is 1.24 bits per heavy atom. The summed E-state index contributed by atoms with van der Waals surface area (Å²) in [6.45, 7) is 2.13. The quantitative estimate of drug-likeness (QED) is 0.920. The number of nitrogens with two attached hydrogens (primary N) is 1. The zero-order valence-corrected chi connectivity index (χ0v) is 13.7. The van der Waals surface area contributed by atoms with Crippen molar-refractivity contribution in [3.63, 3.8) is 0 Å². The Labute approximate surface area is 133 Å². The molecular formula is C17H19BrN2O. The lowest BCUT2D eigenvalue weighted by atomic mass is 10.1. The van der Waals surface area contributed by atoms with Gasteiger partial charge in [-0.05, 0) is 29.3 Å². The van der Waals surface area contributed by atoms with Crippen molar-refractivity contribution < 1.29 is 4.74 Å². The number of ether oxygens (including phenoxy) is 1. The van der Waals surface area contributed by atoms with Gasteiger partial charge in [-0.2, -0.15) is 0 Å². The van der Waals surface area contributed by atoms with Gasteiger partial charge in [0.05, 0.1) is 6.61 Å². The van der Waals surface area contributed by atoms with Crippen LogP contribution in [0.25, 0.3) is 0 Å². The van der Waals surface area contributed by atoms with Gasteiger partial charge in [0.1, 0.15) is 5.75 Å². The third kappa shape index (κ3) is 2.92. The summed E-state index contributed by atoms with van der Waals surface area (Å²) >= 11 is 3.60. The van der Waals surface area contributed by atoms with Gasteiger partial charge in [-0.1, -0.05) is 34.1 Å². The number of benzene rings is 2. The van der Waals surface area contributed by atoms with E-state index >= 15 is 0 Å². The van der Waals surface area contributed by atoms with E-state index in [0.717, 1.165) is 35.4 Å². The molecule has 2 aromatic rings. The van der Waals surface area contributed by atoms with E-state index in [1.54, 1.807) is 0 Å². The van der Waals surface area contributed by atoms with E-state index in [-0.39, 0.29) is 0 Å². The molecule has 0 amide bonds. The van der Waals surface area contributed by atoms with Crippen molar-refractivity contribution in [3.8, 4) is 5.75 Å². The van der Waals surface area contributed by atoms with Gasteiger partial charge < -0.3 is 15.4 Å². The zero-order valence-electron chi connectivity index (χ0n) is 12.1. The van der Waals surface area contributed by atoms with Gasteiger partial charge in [0, 0.05) is 42.3 Å². The fraction of sp³-hybridized carbons (Fsp3) is 0.294. The molecule has 0 unspecified atom stereocenters. The smallest absolute Gasteiger partial charge is 0.127 e. The van der Waals surface area contributed by atoms with Gasteiger partial charge in [0.15, 0.2) is 0 Å². The summed E-state index contributed by atoms with van der Waals surface area (Å²) in [4.78, 5) is 2.23. The van der Waals surface area contributed by atoms with Crippen LogP contribution in [0.5, 0.6) is 5.75 Å². The molecule has 21 heavy (non-hydrogen) atoms. The predicted octanol–water partition coefficient (Wildman–Crippen LogP) is 3.48. The van der Waals surface area contributed by atoms with Crippen LogP contribution < -0.4 is 15.4 Å². The number of rotatable bonds is 4. The van der Waals surface area contributed by atoms with Gasteiger partial charge in [-0.3, -0.25) is 0 Å². The first-order valence-corrected chi connectivity index (χ1v) is 7.91. The number of halogens is 1. The van der Waals surface area contributed by atoms with Gasteiger partial charge in [0.25, 0.3) is 0 Å². The molecule has 2 aromatic carbocycles. The Kier molecular flexibility index (Phi) is 4.17. The van der Waals surface area contributed by atoms with Crippen molar-refractivity contribution in [2.75, 3.05) is 18.6 Å². The lowest BCUT2D eigenvalue weighted by Gasteiger charge is -2.23. The Balaban J connectivity index is 1.90. The number of hydrogen-bond acceptors (Lipinski definition) is 3. The first-order valence-electron chi connectivity index (χ1n) is 7.12. The fourth-order valence-corrected chi connectivity index (χ4v) is 3.41. The molecule has 0 spiro atoms. The van der Waals surface area contributed by atoms with Crippen molar-refractivity contribution >= 4 is 21.6 Å². The first kappa shape index (κ1) is 14.4. The monoisotopic (exact) mass is 346 g/mol. The van der Waals surface area contributed by atoms with E-state index < -0.39 is 0 Å². The van der Waals surface area contributed by atoms with Crippen molar-refractivity contribution in [1.29, 1.82) is 0 Å². The molecule has 0 bridgehead atoms. The van der Waals surface area contributed by atoms with Crippen molar-refractivity contribution in [2.24, 2.45) is 5.73 Å². The molecule has 0 aliphatic carbocycles. The van der Waals surface area contributed by atoms with Crippen molar-refractivity contribution in [1.82, 2.24) is 0 Å². The van der Waals surface area contributed by atoms with Crippen LogP contribution in [0, 0.1) is 0 Å². The number of para-hydroxylation sites is 1. The summed E-state index contributed by atoms with van der Waals surface area (Å²) in [5, 5.41) is 0. The second-order valence-corrected chi connectivity index (χ2v) is 6.26. The number of anilines is 1. The van der Waals surface area contributed by atoms with Crippen LogP contribution in [0.2, 0.25) is 0 Å². The van der Waals surface area contributed by atoms with Crippen LogP contribution in [-0.4, -0.2) is 13.7 Å². The van der Waals surface area contributed by atoms with Gasteiger partial charge in [-0.15, -0.1) is 0 Å². The van der Waals surface area contributed by atoms with E-state index in [1.807, 2.05) is 12.1 Å². The standard InChI is InChI=1S/C17H19BrN2O/c1-20(16-5-3-2-4-13(16)10-19)11-14-9-15(18)8-12-6-7-21-17(12)14/h2-5,8-9H,6-7,10-11,19H2,1H3. The second kappa shape index (κ2) is 6.08. The zero-order chi connectivity index (χ0) is 14.8. The molecule has 0 atom stereocenters. The van der Waals surface area contributed by atoms with Crippen LogP contribution in [0.1, 0.15) is 16.7 Å². The third-order valence-corrected chi connectivity index (χ3v) is 4.31. The fourth-order valence-electron chi connectivity index (χ4n) is 2.86. The van der Waals surface area contributed by atoms with E-state index in [9.17, 15) is 0 Å². The highest BCUT2D eigenvalue weighted by molar-refractivity contribution is 9.10. The highest BCUT2D eigenvalue weighted by Crippen LogP contribution is 2.34. The lowest BCUT2D eigenvalue weighted by Crippen LogP contribution is -2.19. The molecule has 0 fully saturated rings. The third-order valence-electron chi connectivity index (χ3n) is 3.86. The SMILES string of the molecule is CN(Cc1cc(Br)cc2c1OCC2)c1ccccc1CN. The maximum atomic E-state index is 5.84. The summed E-state index contributed by atoms with van der Waals surface area (Å²) in [7, 11) is 2.09. The minimum atomic E-state index is 0.549. The minimum Gasteiger partial charge on any atom is -0.493 e. The van der Waals surface area contributed by atoms with Crippen LogP contribution in [0.4, 0.5) is 5.69 Å². The Morgan fingerprint density at radius 2 is 2.05 bits per heavy atom. The van der Waals surface area contributed by atoms with Crippen molar-refractivity contribution in [2.45, 2.75) is 19.5 Å². The molecule has 3 nitrogen and oxygen atoms in total. The van der Waals surface area contributed by atoms with Crippen LogP contribution in [0.3, 0.4) is 0 Å². The van der Waals surface area contributed by atoms with Gasteiger partial charge in [-0.25, -0.2) is 0 Å². The number of fused-ring (bicyclic) bond motifs is 1. The Hall–Kier alpha value is -1.52. The van der Waals surface area contributed by atoms with Crippen LogP contribution >= 0.6 is 15.9 Å². The molecule has 2 N–H and O–H groups in total. The molecule has 1 heterocycles. The average molecular weight is 347 g/mol. The molecule has 4 heteroatoms. The molecule has 1 aliphatic rings. The normalized spacial score (nSPS) is 12.9. The summed E-state index contributed by atoms with van der Waals surface area (Å²) < 4.78 is 6.92. The summed E-state index contributed by atoms with van der Waals surface area (Å²) in [5.74, 6) is 1.05. The maximum Gasteiger partial charge on any atom is 0.127 e. The van der Waals surface area contributed by atoms with Crippen LogP contribution in [-0.2, 0) is 19.5 Å². The minimum absolute atomic E-state index is 0.549. The largest absolute Gasteiger partial charge is 0.493 e. The summed E-state index contributed by atoms with van der Waals surface area (Å²) in [5.41, 5.74) is 10.7. The highest BCUT2D eigenvalue weighted by atomic mass is 79.9. The molecule has 0 aromatic heterocycles. The van der Waals surface area contributed by atoms with Crippen LogP contribution in [0.15, 0.2) is 40.9 Å². The average Bonchev–Trinajstić information content (AvgIpc) is 2.95. The topological polar surface area (TPSA) is 38.5 Å². The molecular weight excluding hydrogens is 328 g/mol. The molecule has 1 aliphatic heterocycles. The molecule has 0 saturated carbocycles.